The second-order valence-electron chi connectivity index (χ2n) is 8.74. The maximum Gasteiger partial charge on any atom is 0.410 e. The van der Waals surface area contributed by atoms with Crippen LogP contribution in [-0.2, 0) is 29.0 Å². The number of methoxy groups -OCH3 is 1. The monoisotopic (exact) mass is 490 g/mol. The maximum absolute atomic E-state index is 13.6. The van der Waals surface area contributed by atoms with Gasteiger partial charge in [0.2, 0.25) is 5.91 Å². The molecule has 1 aromatic heterocycles. The summed E-state index contributed by atoms with van der Waals surface area (Å²) in [5, 5.41) is 2.86. The standard InChI is InChI=1S/C27H30N4O5/c1-5-36-27(34)30-13-12-20-22(15-30)29-25(19-9-6-17(2)7-10-19)31(26(20)33)16-24(32)28-21-14-18(3)8-11-23(21)35-4/h6-11,14H,5,12-13,15-16H2,1-4H3,(H,28,32). The van der Waals surface area contributed by atoms with E-state index in [1.54, 1.807) is 13.0 Å². The Kier molecular flexibility index (Phi) is 7.38. The van der Waals surface area contributed by atoms with Gasteiger partial charge in [-0.05, 0) is 44.9 Å². The number of fused-ring (bicyclic) bond motifs is 1. The van der Waals surface area contributed by atoms with Crippen LogP contribution in [0.1, 0.15) is 29.3 Å². The SMILES string of the molecule is CCOC(=O)N1CCc2c(nc(-c3ccc(C)cc3)n(CC(=O)Nc3cc(C)ccc3OC)c2=O)C1. The van der Waals surface area contributed by atoms with Gasteiger partial charge in [-0.3, -0.25) is 14.2 Å². The van der Waals surface area contributed by atoms with Gasteiger partial charge in [-0.2, -0.15) is 0 Å². The number of rotatable bonds is 6. The van der Waals surface area contributed by atoms with Crippen LogP contribution in [0.2, 0.25) is 0 Å². The normalized spacial score (nSPS) is 12.6. The fourth-order valence-corrected chi connectivity index (χ4v) is 4.22. The predicted octanol–water partition coefficient (Wildman–Crippen LogP) is 3.69. The Hall–Kier alpha value is -4.14. The minimum atomic E-state index is -0.433. The van der Waals surface area contributed by atoms with E-state index in [9.17, 15) is 14.4 Å². The molecule has 2 amide bonds. The van der Waals surface area contributed by atoms with E-state index >= 15 is 0 Å². The van der Waals surface area contributed by atoms with Crippen molar-refractivity contribution in [1.82, 2.24) is 14.5 Å². The number of aryl methyl sites for hydroxylation is 2. The van der Waals surface area contributed by atoms with Crippen LogP contribution in [0.5, 0.6) is 5.75 Å². The molecule has 3 aromatic rings. The summed E-state index contributed by atoms with van der Waals surface area (Å²) in [7, 11) is 1.54. The van der Waals surface area contributed by atoms with E-state index in [1.165, 1.54) is 16.6 Å². The third-order valence-corrected chi connectivity index (χ3v) is 6.09. The van der Waals surface area contributed by atoms with Crippen molar-refractivity contribution in [3.63, 3.8) is 0 Å². The molecule has 9 nitrogen and oxygen atoms in total. The summed E-state index contributed by atoms with van der Waals surface area (Å²) in [4.78, 5) is 45.3. The number of nitrogens with one attached hydrogen (secondary N) is 1. The topological polar surface area (TPSA) is 103 Å². The minimum absolute atomic E-state index is 0.176. The summed E-state index contributed by atoms with van der Waals surface area (Å²) in [6, 6.07) is 13.1. The Labute approximate surface area is 209 Å². The van der Waals surface area contributed by atoms with Crippen LogP contribution in [0.25, 0.3) is 11.4 Å². The van der Waals surface area contributed by atoms with Crippen molar-refractivity contribution in [2.24, 2.45) is 0 Å². The number of benzene rings is 2. The van der Waals surface area contributed by atoms with Crippen molar-refractivity contribution in [2.45, 2.75) is 40.3 Å². The van der Waals surface area contributed by atoms with E-state index < -0.39 is 6.09 Å². The minimum Gasteiger partial charge on any atom is -0.495 e. The fourth-order valence-electron chi connectivity index (χ4n) is 4.22. The third kappa shape index (κ3) is 5.25. The molecular formula is C27H30N4O5. The molecule has 0 saturated carbocycles. The number of anilines is 1. The molecule has 1 N–H and O–H groups in total. The first-order valence-electron chi connectivity index (χ1n) is 11.9. The number of aromatic nitrogens is 2. The summed E-state index contributed by atoms with van der Waals surface area (Å²) in [5.74, 6) is 0.526. The zero-order chi connectivity index (χ0) is 25.8. The number of ether oxygens (including phenoxy) is 2. The summed E-state index contributed by atoms with van der Waals surface area (Å²) in [5.41, 5.74) is 4.00. The molecule has 0 spiro atoms. The molecule has 0 saturated heterocycles. The Balaban J connectivity index is 1.72. The second kappa shape index (κ2) is 10.6. The van der Waals surface area contributed by atoms with Crippen LogP contribution in [0.4, 0.5) is 10.5 Å². The molecule has 1 aliphatic rings. The highest BCUT2D eigenvalue weighted by Gasteiger charge is 2.27. The highest BCUT2D eigenvalue weighted by Crippen LogP contribution is 2.26. The Bertz CT molecular complexity index is 1350. The molecule has 0 fully saturated rings. The molecule has 4 rings (SSSR count). The van der Waals surface area contributed by atoms with Crippen LogP contribution < -0.4 is 15.6 Å². The van der Waals surface area contributed by atoms with E-state index in [0.29, 0.717) is 47.0 Å². The lowest BCUT2D eigenvalue weighted by Crippen LogP contribution is -2.42. The van der Waals surface area contributed by atoms with E-state index in [1.807, 2.05) is 50.2 Å². The van der Waals surface area contributed by atoms with E-state index in [4.69, 9.17) is 14.5 Å². The molecular weight excluding hydrogens is 460 g/mol. The van der Waals surface area contributed by atoms with Gasteiger partial charge in [-0.25, -0.2) is 9.78 Å². The second-order valence-corrected chi connectivity index (χ2v) is 8.74. The van der Waals surface area contributed by atoms with Crippen LogP contribution in [-0.4, -0.2) is 46.7 Å². The quantitative estimate of drug-likeness (QED) is 0.565. The number of carbonyl (C=O) groups excluding carboxylic acids is 2. The molecule has 0 aliphatic carbocycles. The fraction of sp³-hybridized carbons (Fsp3) is 0.333. The van der Waals surface area contributed by atoms with Crippen LogP contribution in [0, 0.1) is 13.8 Å². The van der Waals surface area contributed by atoms with Gasteiger partial charge in [0.25, 0.3) is 5.56 Å². The average Bonchev–Trinajstić information content (AvgIpc) is 2.86. The lowest BCUT2D eigenvalue weighted by Gasteiger charge is -2.28. The molecule has 36 heavy (non-hydrogen) atoms. The zero-order valence-corrected chi connectivity index (χ0v) is 21.0. The molecule has 9 heteroatoms. The highest BCUT2D eigenvalue weighted by atomic mass is 16.6. The first-order chi connectivity index (χ1) is 17.3. The van der Waals surface area contributed by atoms with Crippen molar-refractivity contribution in [1.29, 1.82) is 0 Å². The summed E-state index contributed by atoms with van der Waals surface area (Å²) in [6.45, 7) is 6.21. The number of carbonyl (C=O) groups is 2. The number of nitrogens with zero attached hydrogens (tertiary/aromatic N) is 3. The van der Waals surface area contributed by atoms with Crippen LogP contribution >= 0.6 is 0 Å². The van der Waals surface area contributed by atoms with Gasteiger partial charge in [0.15, 0.2) is 0 Å². The molecule has 0 radical (unpaired) electrons. The van der Waals surface area contributed by atoms with Crippen molar-refractivity contribution < 1.29 is 19.1 Å². The maximum atomic E-state index is 13.6. The van der Waals surface area contributed by atoms with E-state index in [-0.39, 0.29) is 31.2 Å². The van der Waals surface area contributed by atoms with E-state index in [0.717, 1.165) is 11.1 Å². The van der Waals surface area contributed by atoms with Gasteiger partial charge < -0.3 is 19.7 Å². The molecule has 1 aliphatic heterocycles. The van der Waals surface area contributed by atoms with Gasteiger partial charge in [0.1, 0.15) is 18.1 Å². The van der Waals surface area contributed by atoms with Gasteiger partial charge in [-0.15, -0.1) is 0 Å². The van der Waals surface area contributed by atoms with Gasteiger partial charge in [-0.1, -0.05) is 35.9 Å². The lowest BCUT2D eigenvalue weighted by atomic mass is 10.1. The Morgan fingerprint density at radius 2 is 1.81 bits per heavy atom. The molecule has 188 valence electrons. The summed E-state index contributed by atoms with van der Waals surface area (Å²) < 4.78 is 11.9. The van der Waals surface area contributed by atoms with Crippen LogP contribution in [0.3, 0.4) is 0 Å². The first-order valence-corrected chi connectivity index (χ1v) is 11.9. The third-order valence-electron chi connectivity index (χ3n) is 6.09. The largest absolute Gasteiger partial charge is 0.495 e. The zero-order valence-electron chi connectivity index (χ0n) is 21.0. The molecule has 0 bridgehead atoms. The predicted molar refractivity (Wildman–Crippen MR) is 136 cm³/mol. The Morgan fingerprint density at radius 3 is 2.50 bits per heavy atom. The summed E-state index contributed by atoms with van der Waals surface area (Å²) in [6.07, 6.45) is -0.0981. The first kappa shape index (κ1) is 25.0. The number of amides is 2. The van der Waals surface area contributed by atoms with Gasteiger partial charge in [0.05, 0.1) is 31.6 Å². The highest BCUT2D eigenvalue weighted by molar-refractivity contribution is 5.92. The number of hydrogen-bond acceptors (Lipinski definition) is 6. The Morgan fingerprint density at radius 1 is 1.08 bits per heavy atom. The van der Waals surface area contributed by atoms with Gasteiger partial charge in [0, 0.05) is 17.7 Å². The van der Waals surface area contributed by atoms with E-state index in [2.05, 4.69) is 5.32 Å². The lowest BCUT2D eigenvalue weighted by molar-refractivity contribution is -0.116. The molecule has 2 heterocycles. The smallest absolute Gasteiger partial charge is 0.410 e. The number of hydrogen-bond donors (Lipinski definition) is 1. The molecule has 0 atom stereocenters. The van der Waals surface area contributed by atoms with Crippen molar-refractivity contribution >= 4 is 17.7 Å². The van der Waals surface area contributed by atoms with Crippen LogP contribution in [0.15, 0.2) is 47.3 Å². The van der Waals surface area contributed by atoms with Crippen molar-refractivity contribution in [3.05, 3.63) is 75.2 Å². The van der Waals surface area contributed by atoms with Crippen molar-refractivity contribution in [2.75, 3.05) is 25.6 Å². The average molecular weight is 491 g/mol. The molecule has 2 aromatic carbocycles. The van der Waals surface area contributed by atoms with Crippen molar-refractivity contribution in [3.8, 4) is 17.1 Å². The summed E-state index contributed by atoms with van der Waals surface area (Å²) >= 11 is 0. The van der Waals surface area contributed by atoms with Gasteiger partial charge >= 0.3 is 6.09 Å². The molecule has 0 unspecified atom stereocenters.